The number of methoxy groups -OCH3 is 1. The number of hydrogen-bond donors (Lipinski definition) is 1. The zero-order valence-electron chi connectivity index (χ0n) is 11.6. The Bertz CT molecular complexity index is 736. The number of aryl methyl sites for hydroxylation is 1. The molecule has 21 heavy (non-hydrogen) atoms. The first-order valence-corrected chi connectivity index (χ1v) is 6.21. The van der Waals surface area contributed by atoms with E-state index in [0.29, 0.717) is 11.3 Å². The number of anilines is 1. The Balaban J connectivity index is 2.31. The maximum Gasteiger partial charge on any atom is 0.255 e. The molecule has 0 heterocycles. The molecule has 0 bridgehead atoms. The molecule has 0 atom stereocenters. The first-order chi connectivity index (χ1) is 10.1. The molecule has 0 unspecified atom stereocenters. The standard InChI is InChI=1S/C16H13FN2O2/c1-10-6-7-11(8-15(10)21-2)16(20)19-14-5-3-4-13(17)12(14)9-18/h3-8H,1-2H3,(H,19,20). The van der Waals surface area contributed by atoms with Crippen LogP contribution in [0.5, 0.6) is 5.75 Å². The summed E-state index contributed by atoms with van der Waals surface area (Å²) in [6, 6.07) is 10.8. The van der Waals surface area contributed by atoms with E-state index in [9.17, 15) is 9.18 Å². The first kappa shape index (κ1) is 14.5. The van der Waals surface area contributed by atoms with Crippen LogP contribution in [0.2, 0.25) is 0 Å². The lowest BCUT2D eigenvalue weighted by Crippen LogP contribution is -2.13. The molecule has 0 saturated carbocycles. The summed E-state index contributed by atoms with van der Waals surface area (Å²) in [6.45, 7) is 1.86. The fourth-order valence-electron chi connectivity index (χ4n) is 1.90. The van der Waals surface area contributed by atoms with Gasteiger partial charge in [-0.25, -0.2) is 4.39 Å². The average Bonchev–Trinajstić information content (AvgIpc) is 2.48. The second-order valence-corrected chi connectivity index (χ2v) is 4.41. The van der Waals surface area contributed by atoms with Gasteiger partial charge in [-0.3, -0.25) is 4.79 Å². The number of carbonyl (C=O) groups is 1. The molecule has 0 aromatic heterocycles. The van der Waals surface area contributed by atoms with E-state index in [0.717, 1.165) is 5.56 Å². The monoisotopic (exact) mass is 284 g/mol. The zero-order valence-corrected chi connectivity index (χ0v) is 11.6. The second-order valence-electron chi connectivity index (χ2n) is 4.41. The third-order valence-electron chi connectivity index (χ3n) is 3.04. The van der Waals surface area contributed by atoms with Crippen molar-refractivity contribution in [3.63, 3.8) is 0 Å². The van der Waals surface area contributed by atoms with Gasteiger partial charge in [0.15, 0.2) is 0 Å². The van der Waals surface area contributed by atoms with Gasteiger partial charge in [0, 0.05) is 5.56 Å². The minimum atomic E-state index is -0.670. The highest BCUT2D eigenvalue weighted by Crippen LogP contribution is 2.22. The molecular formula is C16H13FN2O2. The van der Waals surface area contributed by atoms with Gasteiger partial charge >= 0.3 is 0 Å². The van der Waals surface area contributed by atoms with Gasteiger partial charge in [0.1, 0.15) is 23.2 Å². The van der Waals surface area contributed by atoms with Gasteiger partial charge in [-0.2, -0.15) is 5.26 Å². The molecule has 4 nitrogen and oxygen atoms in total. The van der Waals surface area contributed by atoms with Gasteiger partial charge in [-0.15, -0.1) is 0 Å². The molecule has 2 aromatic carbocycles. The Morgan fingerprint density at radius 3 is 2.76 bits per heavy atom. The summed E-state index contributed by atoms with van der Waals surface area (Å²) in [5.41, 5.74) is 1.22. The van der Waals surface area contributed by atoms with Crippen molar-refractivity contribution in [2.45, 2.75) is 6.92 Å². The number of carbonyl (C=O) groups excluding carboxylic acids is 1. The number of ether oxygens (including phenoxy) is 1. The first-order valence-electron chi connectivity index (χ1n) is 6.21. The average molecular weight is 284 g/mol. The van der Waals surface area contributed by atoms with Gasteiger partial charge in [-0.05, 0) is 36.8 Å². The minimum absolute atomic E-state index is 0.141. The summed E-state index contributed by atoms with van der Waals surface area (Å²) >= 11 is 0. The molecule has 106 valence electrons. The quantitative estimate of drug-likeness (QED) is 0.941. The van der Waals surface area contributed by atoms with Crippen LogP contribution in [0.4, 0.5) is 10.1 Å². The van der Waals surface area contributed by atoms with Crippen LogP contribution in [0.3, 0.4) is 0 Å². The van der Waals surface area contributed by atoms with Crippen molar-refractivity contribution in [2.24, 2.45) is 0 Å². The molecule has 0 spiro atoms. The van der Waals surface area contributed by atoms with E-state index in [-0.39, 0.29) is 11.3 Å². The largest absolute Gasteiger partial charge is 0.496 e. The second kappa shape index (κ2) is 6.06. The Morgan fingerprint density at radius 2 is 2.10 bits per heavy atom. The van der Waals surface area contributed by atoms with Crippen molar-refractivity contribution < 1.29 is 13.9 Å². The third kappa shape index (κ3) is 3.00. The van der Waals surface area contributed by atoms with E-state index >= 15 is 0 Å². The van der Waals surface area contributed by atoms with Gasteiger partial charge < -0.3 is 10.1 Å². The van der Waals surface area contributed by atoms with Crippen LogP contribution in [0.25, 0.3) is 0 Å². The van der Waals surface area contributed by atoms with Crippen LogP contribution in [-0.2, 0) is 0 Å². The summed E-state index contributed by atoms with van der Waals surface area (Å²) in [7, 11) is 1.52. The van der Waals surface area contributed by atoms with Crippen LogP contribution in [-0.4, -0.2) is 13.0 Å². The number of nitrogens with zero attached hydrogens (tertiary/aromatic N) is 1. The molecule has 0 saturated heterocycles. The molecule has 0 fully saturated rings. The Hall–Kier alpha value is -2.87. The molecule has 1 N–H and O–H groups in total. The number of halogens is 1. The van der Waals surface area contributed by atoms with Crippen LogP contribution in [0, 0.1) is 24.1 Å². The summed E-state index contributed by atoms with van der Waals surface area (Å²) in [5, 5.41) is 11.5. The van der Waals surface area contributed by atoms with E-state index in [4.69, 9.17) is 10.00 Å². The van der Waals surface area contributed by atoms with Crippen molar-refractivity contribution in [3.05, 3.63) is 58.9 Å². The lowest BCUT2D eigenvalue weighted by molar-refractivity contribution is 0.102. The molecule has 0 aliphatic carbocycles. The van der Waals surface area contributed by atoms with E-state index in [1.165, 1.54) is 25.3 Å². The molecule has 2 aromatic rings. The molecule has 0 aliphatic rings. The van der Waals surface area contributed by atoms with Gasteiger partial charge in [0.25, 0.3) is 5.91 Å². The molecule has 0 radical (unpaired) electrons. The highest BCUT2D eigenvalue weighted by atomic mass is 19.1. The number of nitriles is 1. The number of rotatable bonds is 3. The van der Waals surface area contributed by atoms with Crippen molar-refractivity contribution >= 4 is 11.6 Å². The lowest BCUT2D eigenvalue weighted by atomic mass is 10.1. The van der Waals surface area contributed by atoms with E-state index in [1.54, 1.807) is 24.3 Å². The summed E-state index contributed by atoms with van der Waals surface area (Å²) in [6.07, 6.45) is 0. The number of amides is 1. The Morgan fingerprint density at radius 1 is 1.33 bits per heavy atom. The molecule has 0 aliphatic heterocycles. The maximum absolute atomic E-state index is 13.5. The van der Waals surface area contributed by atoms with E-state index in [1.807, 2.05) is 6.92 Å². The van der Waals surface area contributed by atoms with Crippen molar-refractivity contribution in [3.8, 4) is 11.8 Å². The number of hydrogen-bond acceptors (Lipinski definition) is 3. The predicted molar refractivity (Wildman–Crippen MR) is 76.8 cm³/mol. The maximum atomic E-state index is 13.5. The predicted octanol–water partition coefficient (Wildman–Crippen LogP) is 3.27. The summed E-state index contributed by atoms with van der Waals surface area (Å²) in [5.74, 6) is -0.519. The van der Waals surface area contributed by atoms with E-state index < -0.39 is 11.7 Å². The number of nitrogens with one attached hydrogen (secondary N) is 1. The third-order valence-corrected chi connectivity index (χ3v) is 3.04. The van der Waals surface area contributed by atoms with Crippen molar-refractivity contribution in [1.29, 1.82) is 5.26 Å². The Labute approximate surface area is 121 Å². The normalized spacial score (nSPS) is 9.81. The lowest BCUT2D eigenvalue weighted by Gasteiger charge is -2.10. The van der Waals surface area contributed by atoms with Crippen molar-refractivity contribution in [2.75, 3.05) is 12.4 Å². The van der Waals surface area contributed by atoms with Crippen molar-refractivity contribution in [1.82, 2.24) is 0 Å². The van der Waals surface area contributed by atoms with Crippen LogP contribution >= 0.6 is 0 Å². The van der Waals surface area contributed by atoms with Gasteiger partial charge in [0.2, 0.25) is 0 Å². The highest BCUT2D eigenvalue weighted by Gasteiger charge is 2.13. The fraction of sp³-hybridized carbons (Fsp3) is 0.125. The fourth-order valence-corrected chi connectivity index (χ4v) is 1.90. The van der Waals surface area contributed by atoms with Gasteiger partial charge in [-0.1, -0.05) is 12.1 Å². The SMILES string of the molecule is COc1cc(C(=O)Nc2cccc(F)c2C#N)ccc1C. The summed E-state index contributed by atoms with van der Waals surface area (Å²) < 4.78 is 18.6. The smallest absolute Gasteiger partial charge is 0.255 e. The van der Waals surface area contributed by atoms with Crippen LogP contribution in [0.1, 0.15) is 21.5 Å². The van der Waals surface area contributed by atoms with Crippen LogP contribution < -0.4 is 10.1 Å². The van der Waals surface area contributed by atoms with Gasteiger partial charge in [0.05, 0.1) is 12.8 Å². The summed E-state index contributed by atoms with van der Waals surface area (Å²) in [4.78, 5) is 12.2. The zero-order chi connectivity index (χ0) is 15.4. The molecule has 5 heteroatoms. The van der Waals surface area contributed by atoms with Crippen LogP contribution in [0.15, 0.2) is 36.4 Å². The molecular weight excluding hydrogens is 271 g/mol. The Kier molecular flexibility index (Phi) is 4.19. The topological polar surface area (TPSA) is 62.1 Å². The molecule has 2 rings (SSSR count). The minimum Gasteiger partial charge on any atom is -0.496 e. The highest BCUT2D eigenvalue weighted by molar-refractivity contribution is 6.05. The molecule has 1 amide bonds. The number of benzene rings is 2. The van der Waals surface area contributed by atoms with E-state index in [2.05, 4.69) is 5.32 Å².